The smallest absolute Gasteiger partial charge is 0.0867 e. The summed E-state index contributed by atoms with van der Waals surface area (Å²) in [6, 6.07) is 0. The van der Waals surface area contributed by atoms with Crippen molar-refractivity contribution in [1.29, 1.82) is 0 Å². The van der Waals surface area contributed by atoms with Gasteiger partial charge in [-0.1, -0.05) is 11.6 Å². The zero-order chi connectivity index (χ0) is 5.70. The molecular weight excluding hydrogens is 135 g/mol. The van der Waals surface area contributed by atoms with Crippen LogP contribution in [0.1, 0.15) is 0 Å². The lowest BCUT2D eigenvalue weighted by molar-refractivity contribution is 0.247. The molecule has 0 spiro atoms. The van der Waals surface area contributed by atoms with Gasteiger partial charge in [-0.15, -0.1) is 11.6 Å². The van der Waals surface area contributed by atoms with Gasteiger partial charge in [0.15, 0.2) is 0 Å². The summed E-state index contributed by atoms with van der Waals surface area (Å²) in [5.41, 5.74) is 1.24. The molecule has 1 nitrogen and oxygen atoms in total. The fraction of sp³-hybridized carbons (Fsp3) is 0.500. The molecule has 0 heterocycles. The highest BCUT2D eigenvalue weighted by atomic mass is 35.5. The van der Waals surface area contributed by atoms with Crippen LogP contribution >= 0.6 is 23.2 Å². The average molecular weight is 141 g/mol. The highest BCUT2D eigenvalue weighted by Gasteiger charge is 1.90. The van der Waals surface area contributed by atoms with Gasteiger partial charge in [0, 0.05) is 5.54 Å². The van der Waals surface area contributed by atoms with E-state index in [2.05, 4.69) is 0 Å². The molecule has 3 heteroatoms. The highest BCUT2D eigenvalue weighted by Crippen LogP contribution is 1.89. The fourth-order valence-electron chi connectivity index (χ4n) is 0.135. The monoisotopic (exact) mass is 140 g/mol. The second kappa shape index (κ2) is 4.44. The summed E-state index contributed by atoms with van der Waals surface area (Å²) < 4.78 is 0. The molecular formula is C4H6Cl2O. The summed E-state index contributed by atoms with van der Waals surface area (Å²) in [6.45, 7) is 0. The van der Waals surface area contributed by atoms with E-state index in [0.717, 1.165) is 0 Å². The van der Waals surface area contributed by atoms with E-state index in [0.29, 0.717) is 0 Å². The van der Waals surface area contributed by atoms with Crippen molar-refractivity contribution in [2.45, 2.75) is 6.10 Å². The third kappa shape index (κ3) is 4.13. The Hall–Kier alpha value is 0.280. The van der Waals surface area contributed by atoms with Crippen molar-refractivity contribution in [3.8, 4) is 0 Å². The Kier molecular flexibility index (Phi) is 4.62. The zero-order valence-electron chi connectivity index (χ0n) is 3.64. The molecule has 0 aromatic rings. The van der Waals surface area contributed by atoms with Crippen molar-refractivity contribution in [3.05, 3.63) is 11.6 Å². The normalized spacial score (nSPS) is 15.3. The first-order valence-corrected chi connectivity index (χ1v) is 2.79. The van der Waals surface area contributed by atoms with Gasteiger partial charge >= 0.3 is 0 Å². The standard InChI is InChI=1S/C4H6Cl2O/c5-2-1-4(7)3-6/h1-2,4,7H,3H2. The van der Waals surface area contributed by atoms with E-state index in [4.69, 9.17) is 28.3 Å². The average Bonchev–Trinajstić information content (AvgIpc) is 1.68. The zero-order valence-corrected chi connectivity index (χ0v) is 5.15. The van der Waals surface area contributed by atoms with Crippen molar-refractivity contribution >= 4 is 23.2 Å². The lowest BCUT2D eigenvalue weighted by Gasteiger charge is -1.92. The molecule has 0 aliphatic rings. The SMILES string of the molecule is OC(C=CCl)CCl. The van der Waals surface area contributed by atoms with Crippen molar-refractivity contribution < 1.29 is 5.11 Å². The minimum atomic E-state index is -0.598. The van der Waals surface area contributed by atoms with E-state index < -0.39 is 6.10 Å². The predicted octanol–water partition coefficient (Wildman–Crippen LogP) is 1.34. The molecule has 1 atom stereocenters. The van der Waals surface area contributed by atoms with Crippen molar-refractivity contribution in [1.82, 2.24) is 0 Å². The second-order valence-corrected chi connectivity index (χ2v) is 1.60. The maximum Gasteiger partial charge on any atom is 0.0867 e. The molecule has 0 bridgehead atoms. The molecule has 0 aromatic heterocycles. The number of halogens is 2. The lowest BCUT2D eigenvalue weighted by Crippen LogP contribution is -2.01. The molecule has 0 amide bonds. The third-order valence-corrected chi connectivity index (χ3v) is 0.915. The lowest BCUT2D eigenvalue weighted by atomic mass is 10.4. The summed E-state index contributed by atoms with van der Waals surface area (Å²) in [5.74, 6) is 0.198. The van der Waals surface area contributed by atoms with Gasteiger partial charge in [-0.3, -0.25) is 0 Å². The Labute approximate surface area is 52.5 Å². The van der Waals surface area contributed by atoms with Crippen LogP contribution in [0.25, 0.3) is 0 Å². The maximum atomic E-state index is 8.55. The van der Waals surface area contributed by atoms with Crippen LogP contribution in [0, 0.1) is 0 Å². The molecule has 0 radical (unpaired) electrons. The van der Waals surface area contributed by atoms with Crippen LogP contribution in [0.5, 0.6) is 0 Å². The van der Waals surface area contributed by atoms with Crippen LogP contribution < -0.4 is 0 Å². The first-order chi connectivity index (χ1) is 3.31. The van der Waals surface area contributed by atoms with Crippen LogP contribution in [0.2, 0.25) is 0 Å². The van der Waals surface area contributed by atoms with Crippen molar-refractivity contribution in [3.63, 3.8) is 0 Å². The topological polar surface area (TPSA) is 20.2 Å². The predicted molar refractivity (Wildman–Crippen MR) is 31.7 cm³/mol. The second-order valence-electron chi connectivity index (χ2n) is 1.04. The van der Waals surface area contributed by atoms with Crippen LogP contribution in [0.3, 0.4) is 0 Å². The Bertz CT molecular complexity index is 62.7. The van der Waals surface area contributed by atoms with Gasteiger partial charge in [0.2, 0.25) is 0 Å². The summed E-state index contributed by atoms with van der Waals surface area (Å²) in [7, 11) is 0. The Morgan fingerprint density at radius 2 is 2.29 bits per heavy atom. The van der Waals surface area contributed by atoms with Crippen LogP contribution in [-0.4, -0.2) is 17.1 Å². The minimum Gasteiger partial charge on any atom is -0.388 e. The van der Waals surface area contributed by atoms with Gasteiger partial charge in [0.05, 0.1) is 12.0 Å². The van der Waals surface area contributed by atoms with E-state index in [1.807, 2.05) is 0 Å². The molecule has 0 saturated carbocycles. The van der Waals surface area contributed by atoms with Crippen LogP contribution in [-0.2, 0) is 0 Å². The maximum absolute atomic E-state index is 8.55. The number of hydrogen-bond donors (Lipinski definition) is 1. The van der Waals surface area contributed by atoms with Gasteiger partial charge in [0.1, 0.15) is 0 Å². The van der Waals surface area contributed by atoms with E-state index in [9.17, 15) is 0 Å². The first kappa shape index (κ1) is 7.28. The van der Waals surface area contributed by atoms with E-state index in [-0.39, 0.29) is 5.88 Å². The summed E-state index contributed by atoms with van der Waals surface area (Å²) >= 11 is 10.2. The van der Waals surface area contributed by atoms with E-state index in [1.54, 1.807) is 0 Å². The van der Waals surface area contributed by atoms with Crippen molar-refractivity contribution in [2.75, 3.05) is 5.88 Å². The molecule has 0 rings (SSSR count). The molecule has 0 saturated heterocycles. The molecule has 0 fully saturated rings. The minimum absolute atomic E-state index is 0.198. The summed E-state index contributed by atoms with van der Waals surface area (Å²) in [6.07, 6.45) is 0.813. The summed E-state index contributed by atoms with van der Waals surface area (Å²) in [5, 5.41) is 8.55. The number of aliphatic hydroxyl groups excluding tert-OH is 1. The largest absolute Gasteiger partial charge is 0.388 e. The van der Waals surface area contributed by atoms with Gasteiger partial charge in [-0.05, 0) is 6.08 Å². The first-order valence-electron chi connectivity index (χ1n) is 1.82. The molecule has 42 valence electrons. The van der Waals surface area contributed by atoms with Crippen LogP contribution in [0.15, 0.2) is 11.6 Å². The van der Waals surface area contributed by atoms with E-state index >= 15 is 0 Å². The number of alkyl halides is 1. The molecule has 0 aliphatic heterocycles. The van der Waals surface area contributed by atoms with E-state index in [1.165, 1.54) is 11.6 Å². The number of rotatable bonds is 2. The third-order valence-electron chi connectivity index (χ3n) is 0.453. The van der Waals surface area contributed by atoms with Gasteiger partial charge in [-0.25, -0.2) is 0 Å². The number of aliphatic hydroxyl groups is 1. The number of hydrogen-bond acceptors (Lipinski definition) is 1. The van der Waals surface area contributed by atoms with Gasteiger partial charge in [0.25, 0.3) is 0 Å². The van der Waals surface area contributed by atoms with Gasteiger partial charge < -0.3 is 5.11 Å². The molecule has 0 aromatic carbocycles. The fourth-order valence-corrected chi connectivity index (χ4v) is 0.406. The summed E-state index contributed by atoms with van der Waals surface area (Å²) in [4.78, 5) is 0. The van der Waals surface area contributed by atoms with Crippen LogP contribution in [0.4, 0.5) is 0 Å². The van der Waals surface area contributed by atoms with Gasteiger partial charge in [-0.2, -0.15) is 0 Å². The Balaban J connectivity index is 3.16. The highest BCUT2D eigenvalue weighted by molar-refractivity contribution is 6.25. The molecule has 0 aliphatic carbocycles. The molecule has 1 N–H and O–H groups in total. The Morgan fingerprint density at radius 1 is 1.71 bits per heavy atom. The molecule has 7 heavy (non-hydrogen) atoms. The van der Waals surface area contributed by atoms with Crippen molar-refractivity contribution in [2.24, 2.45) is 0 Å². The quantitative estimate of drug-likeness (QED) is 0.575. The Morgan fingerprint density at radius 3 is 2.43 bits per heavy atom. The molecule has 1 unspecified atom stereocenters.